The summed E-state index contributed by atoms with van der Waals surface area (Å²) in [6, 6.07) is -0.657. The number of urea groups is 1. The number of nitrogens with one attached hydrogen (secondary N) is 1. The van der Waals surface area contributed by atoms with Crippen LogP contribution in [0.1, 0.15) is 46.5 Å². The summed E-state index contributed by atoms with van der Waals surface area (Å²) in [5.74, 6) is -0.131. The van der Waals surface area contributed by atoms with E-state index in [1.165, 1.54) is 4.90 Å². The summed E-state index contributed by atoms with van der Waals surface area (Å²) in [5, 5.41) is 2.71. The maximum atomic E-state index is 12.0. The molecule has 1 heterocycles. The van der Waals surface area contributed by atoms with Gasteiger partial charge in [0.25, 0.3) is 5.91 Å². The van der Waals surface area contributed by atoms with Gasteiger partial charge in [-0.05, 0) is 19.3 Å². The highest BCUT2D eigenvalue weighted by Gasteiger charge is 2.40. The van der Waals surface area contributed by atoms with Gasteiger partial charge in [0.15, 0.2) is 0 Å². The van der Waals surface area contributed by atoms with E-state index in [-0.39, 0.29) is 18.0 Å². The highest BCUT2D eigenvalue weighted by Crippen LogP contribution is 2.18. The third-order valence-electron chi connectivity index (χ3n) is 3.57. The van der Waals surface area contributed by atoms with Crippen molar-refractivity contribution in [3.8, 4) is 0 Å². The Labute approximate surface area is 103 Å². The van der Waals surface area contributed by atoms with Crippen LogP contribution in [0.15, 0.2) is 0 Å². The molecule has 3 N–H and O–H groups in total. The number of carbonyl (C=O) groups is 2. The summed E-state index contributed by atoms with van der Waals surface area (Å²) >= 11 is 0. The van der Waals surface area contributed by atoms with Crippen LogP contribution in [0.25, 0.3) is 0 Å². The lowest BCUT2D eigenvalue weighted by molar-refractivity contribution is -0.128. The van der Waals surface area contributed by atoms with E-state index < -0.39 is 5.54 Å². The molecular weight excluding hydrogens is 218 g/mol. The number of amides is 3. The maximum absolute atomic E-state index is 12.0. The van der Waals surface area contributed by atoms with Crippen LogP contribution < -0.4 is 11.1 Å². The predicted octanol–water partition coefficient (Wildman–Crippen LogP) is 1.22. The highest BCUT2D eigenvalue weighted by molar-refractivity contribution is 6.04. The zero-order valence-electron chi connectivity index (χ0n) is 11.0. The van der Waals surface area contributed by atoms with Gasteiger partial charge in [-0.25, -0.2) is 4.79 Å². The van der Waals surface area contributed by atoms with Gasteiger partial charge in [0.1, 0.15) is 6.04 Å². The van der Waals surface area contributed by atoms with Crippen molar-refractivity contribution in [1.29, 1.82) is 0 Å². The van der Waals surface area contributed by atoms with Gasteiger partial charge in [0.2, 0.25) is 0 Å². The second-order valence-electron chi connectivity index (χ2n) is 4.78. The lowest BCUT2D eigenvalue weighted by Crippen LogP contribution is -2.51. The minimum Gasteiger partial charge on any atom is -0.326 e. The molecule has 1 unspecified atom stereocenters. The number of rotatable bonds is 6. The molecular formula is C12H23N3O2. The summed E-state index contributed by atoms with van der Waals surface area (Å²) in [6.07, 6.45) is 3.06. The normalized spacial score (nSPS) is 20.9. The second-order valence-corrected chi connectivity index (χ2v) is 4.78. The van der Waals surface area contributed by atoms with Crippen LogP contribution >= 0.6 is 0 Å². The Hall–Kier alpha value is -1.10. The quantitative estimate of drug-likeness (QED) is 0.687. The molecule has 1 aliphatic heterocycles. The first-order chi connectivity index (χ1) is 7.97. The fourth-order valence-electron chi connectivity index (χ4n) is 2.00. The molecule has 98 valence electrons. The topological polar surface area (TPSA) is 75.4 Å². The molecule has 0 radical (unpaired) electrons. The third kappa shape index (κ3) is 2.97. The molecule has 1 aliphatic rings. The monoisotopic (exact) mass is 241 g/mol. The van der Waals surface area contributed by atoms with Crippen molar-refractivity contribution in [3.63, 3.8) is 0 Å². The second kappa shape index (κ2) is 5.49. The smallest absolute Gasteiger partial charge is 0.324 e. The van der Waals surface area contributed by atoms with Crippen LogP contribution in [-0.2, 0) is 4.79 Å². The molecule has 0 aromatic rings. The summed E-state index contributed by atoms with van der Waals surface area (Å²) in [4.78, 5) is 25.0. The fourth-order valence-corrected chi connectivity index (χ4v) is 2.00. The van der Waals surface area contributed by atoms with Crippen LogP contribution in [0.4, 0.5) is 4.79 Å². The molecule has 0 bridgehead atoms. The Kier molecular flexibility index (Phi) is 4.51. The van der Waals surface area contributed by atoms with Gasteiger partial charge in [-0.2, -0.15) is 0 Å². The molecule has 0 saturated carbocycles. The van der Waals surface area contributed by atoms with E-state index in [4.69, 9.17) is 5.73 Å². The fraction of sp³-hybridized carbons (Fsp3) is 0.833. The summed E-state index contributed by atoms with van der Waals surface area (Å²) in [7, 11) is 0. The van der Waals surface area contributed by atoms with E-state index in [0.717, 1.165) is 19.3 Å². The number of nitrogens with zero attached hydrogens (tertiary/aromatic N) is 1. The molecule has 1 fully saturated rings. The van der Waals surface area contributed by atoms with Gasteiger partial charge < -0.3 is 11.1 Å². The minimum absolute atomic E-state index is 0.131. The molecule has 0 aromatic carbocycles. The van der Waals surface area contributed by atoms with Crippen LogP contribution in [-0.4, -0.2) is 35.0 Å². The van der Waals surface area contributed by atoms with Crippen molar-refractivity contribution >= 4 is 11.9 Å². The van der Waals surface area contributed by atoms with Crippen LogP contribution in [0.3, 0.4) is 0 Å². The highest BCUT2D eigenvalue weighted by atomic mass is 16.2. The minimum atomic E-state index is -0.464. The number of carbonyl (C=O) groups excluding carboxylic acids is 2. The van der Waals surface area contributed by atoms with Crippen molar-refractivity contribution in [2.45, 2.75) is 58.0 Å². The zero-order valence-corrected chi connectivity index (χ0v) is 11.0. The molecule has 1 rings (SSSR count). The summed E-state index contributed by atoms with van der Waals surface area (Å²) in [5.41, 5.74) is 5.68. The first-order valence-electron chi connectivity index (χ1n) is 6.38. The first kappa shape index (κ1) is 14.0. The van der Waals surface area contributed by atoms with Gasteiger partial charge in [-0.3, -0.25) is 9.69 Å². The van der Waals surface area contributed by atoms with Crippen LogP contribution in [0.5, 0.6) is 0 Å². The molecule has 1 atom stereocenters. The lowest BCUT2D eigenvalue weighted by Gasteiger charge is -2.30. The van der Waals surface area contributed by atoms with E-state index in [0.29, 0.717) is 13.0 Å². The molecule has 5 nitrogen and oxygen atoms in total. The van der Waals surface area contributed by atoms with Crippen LogP contribution in [0.2, 0.25) is 0 Å². The van der Waals surface area contributed by atoms with E-state index >= 15 is 0 Å². The molecule has 17 heavy (non-hydrogen) atoms. The average Bonchev–Trinajstić information content (AvgIpc) is 2.57. The number of hydrogen-bond donors (Lipinski definition) is 2. The predicted molar refractivity (Wildman–Crippen MR) is 66.4 cm³/mol. The van der Waals surface area contributed by atoms with Crippen molar-refractivity contribution in [2.24, 2.45) is 5.73 Å². The lowest BCUT2D eigenvalue weighted by atomic mass is 9.93. The number of imide groups is 1. The average molecular weight is 241 g/mol. The molecule has 1 saturated heterocycles. The number of nitrogens with two attached hydrogens (primary N) is 1. The van der Waals surface area contributed by atoms with E-state index in [1.807, 2.05) is 20.8 Å². The van der Waals surface area contributed by atoms with Crippen molar-refractivity contribution < 1.29 is 9.59 Å². The van der Waals surface area contributed by atoms with Crippen molar-refractivity contribution in [1.82, 2.24) is 10.2 Å². The molecule has 5 heteroatoms. The SMILES string of the molecule is CCCC1NC(=O)N(CC(N)(CC)CC)C1=O. The van der Waals surface area contributed by atoms with Gasteiger partial charge in [-0.15, -0.1) is 0 Å². The van der Waals surface area contributed by atoms with E-state index in [2.05, 4.69) is 5.32 Å². The first-order valence-corrected chi connectivity index (χ1v) is 6.38. The Morgan fingerprint density at radius 2 is 1.88 bits per heavy atom. The molecule has 0 aromatic heterocycles. The van der Waals surface area contributed by atoms with Gasteiger partial charge in [0.05, 0.1) is 0 Å². The molecule has 3 amide bonds. The van der Waals surface area contributed by atoms with Crippen molar-refractivity contribution in [2.75, 3.05) is 6.54 Å². The molecule has 0 aliphatic carbocycles. The Balaban J connectivity index is 2.72. The summed E-state index contributed by atoms with van der Waals surface area (Å²) in [6.45, 7) is 6.26. The third-order valence-corrected chi connectivity index (χ3v) is 3.57. The Bertz CT molecular complexity index is 300. The Morgan fingerprint density at radius 1 is 1.29 bits per heavy atom. The standard InChI is InChI=1S/C12H23N3O2/c1-4-7-9-10(16)15(11(17)14-9)8-12(13,5-2)6-3/h9H,4-8,13H2,1-3H3,(H,14,17). The zero-order chi connectivity index (χ0) is 13.1. The maximum Gasteiger partial charge on any atom is 0.324 e. The van der Waals surface area contributed by atoms with Crippen molar-refractivity contribution in [3.05, 3.63) is 0 Å². The van der Waals surface area contributed by atoms with Gasteiger partial charge in [-0.1, -0.05) is 27.2 Å². The summed E-state index contributed by atoms with van der Waals surface area (Å²) < 4.78 is 0. The van der Waals surface area contributed by atoms with Gasteiger partial charge >= 0.3 is 6.03 Å². The van der Waals surface area contributed by atoms with E-state index in [9.17, 15) is 9.59 Å². The number of hydrogen-bond acceptors (Lipinski definition) is 3. The van der Waals surface area contributed by atoms with Gasteiger partial charge in [0, 0.05) is 12.1 Å². The Morgan fingerprint density at radius 3 is 2.35 bits per heavy atom. The largest absolute Gasteiger partial charge is 0.326 e. The molecule has 0 spiro atoms. The van der Waals surface area contributed by atoms with E-state index in [1.54, 1.807) is 0 Å². The van der Waals surface area contributed by atoms with Crippen LogP contribution in [0, 0.1) is 0 Å².